The number of halogens is 1. The zero-order valence-electron chi connectivity index (χ0n) is 33.5. The van der Waals surface area contributed by atoms with Crippen molar-refractivity contribution in [2.75, 3.05) is 32.8 Å². The lowest BCUT2D eigenvalue weighted by atomic mass is 10.0. The van der Waals surface area contributed by atoms with Crippen molar-refractivity contribution in [3.63, 3.8) is 0 Å². The van der Waals surface area contributed by atoms with Gasteiger partial charge in [0.15, 0.2) is 19.9 Å². The molecule has 0 spiro atoms. The lowest BCUT2D eigenvalue weighted by Crippen LogP contribution is -2.55. The number of benzene rings is 1. The minimum atomic E-state index is -2.12. The number of hydrogen-bond donors (Lipinski definition) is 2. The first kappa shape index (κ1) is 42.0. The smallest absolute Gasteiger partial charge is 0.405 e. The number of fused-ring (bicyclic) bond motifs is 1. The molecule has 1 aliphatic heterocycles. The van der Waals surface area contributed by atoms with Crippen LogP contribution < -0.4 is 10.1 Å². The molecule has 1 saturated heterocycles. The summed E-state index contributed by atoms with van der Waals surface area (Å²) in [5, 5.41) is 12.7. The summed E-state index contributed by atoms with van der Waals surface area (Å²) >= 11 is 0. The fraction of sp³-hybridized carbons (Fsp3) is 0.500. The maximum atomic E-state index is 15.8. The number of nitrogens with one attached hydrogen (secondary N) is 1. The minimum absolute atomic E-state index is 0.00675. The molecule has 4 heterocycles. The summed E-state index contributed by atoms with van der Waals surface area (Å²) in [4.78, 5) is 38.3. The number of aromatic nitrogens is 3. The summed E-state index contributed by atoms with van der Waals surface area (Å²) in [6.45, 7) is 22.0. The number of carbonyl (C=O) groups is 2. The van der Waals surface area contributed by atoms with E-state index in [1.54, 1.807) is 29.4 Å². The van der Waals surface area contributed by atoms with Crippen molar-refractivity contribution in [3.8, 4) is 11.5 Å². The molecule has 1 aliphatic rings. The number of carbonyl (C=O) groups excluding carboxylic acids is 1. The molecular weight excluding hydrogens is 736 g/mol. The second-order valence-corrected chi connectivity index (χ2v) is 27.5. The number of pyridine rings is 2. The number of nitrogens with zero attached hydrogens (tertiary/aromatic N) is 5. The Balaban J connectivity index is 1.32. The molecule has 0 aliphatic carbocycles. The molecule has 1 aromatic carbocycles. The van der Waals surface area contributed by atoms with Gasteiger partial charge in [-0.1, -0.05) is 52.5 Å². The molecule has 4 aromatic rings. The lowest BCUT2D eigenvalue weighted by molar-refractivity contribution is -0.135. The number of rotatable bonds is 16. The van der Waals surface area contributed by atoms with E-state index in [9.17, 15) is 14.7 Å². The van der Waals surface area contributed by atoms with E-state index >= 15 is 4.39 Å². The van der Waals surface area contributed by atoms with Crippen LogP contribution in [-0.2, 0) is 40.3 Å². The summed E-state index contributed by atoms with van der Waals surface area (Å²) in [6.07, 6.45) is 4.03. The fourth-order valence-electron chi connectivity index (χ4n) is 6.10. The maximum Gasteiger partial charge on any atom is 0.405 e. The van der Waals surface area contributed by atoms with E-state index in [0.29, 0.717) is 69.6 Å². The van der Waals surface area contributed by atoms with Crippen LogP contribution in [0.3, 0.4) is 0 Å². The topological polar surface area (TPSA) is 131 Å². The molecule has 2 N–H and O–H groups in total. The third-order valence-corrected chi connectivity index (χ3v) is 16.6. The molecule has 1 unspecified atom stereocenters. The van der Waals surface area contributed by atoms with Crippen LogP contribution in [0.25, 0.3) is 11.0 Å². The van der Waals surface area contributed by atoms with Crippen LogP contribution >= 0.6 is 0 Å². The number of hydrogen-bond acceptors (Lipinski definition) is 8. The summed E-state index contributed by atoms with van der Waals surface area (Å²) in [5.41, 5.74) is 2.92. The first-order valence-corrected chi connectivity index (χ1v) is 25.6. The number of piperazine rings is 1. The predicted molar refractivity (Wildman–Crippen MR) is 217 cm³/mol. The third kappa shape index (κ3) is 11.4. The second kappa shape index (κ2) is 17.8. The molecule has 298 valence electrons. The highest BCUT2D eigenvalue weighted by molar-refractivity contribution is 6.76. The average molecular weight is 793 g/mol. The molecule has 0 bridgehead atoms. The lowest BCUT2D eigenvalue weighted by Gasteiger charge is -2.36. The Bertz CT molecular complexity index is 1920. The van der Waals surface area contributed by atoms with Crippen molar-refractivity contribution in [2.45, 2.75) is 96.9 Å². The van der Waals surface area contributed by atoms with Gasteiger partial charge in [0.25, 0.3) is 0 Å². The van der Waals surface area contributed by atoms with E-state index in [2.05, 4.69) is 73.7 Å². The van der Waals surface area contributed by atoms with Crippen molar-refractivity contribution in [1.82, 2.24) is 29.7 Å². The Morgan fingerprint density at radius 1 is 0.982 bits per heavy atom. The van der Waals surface area contributed by atoms with Gasteiger partial charge in [0.1, 0.15) is 24.2 Å². The van der Waals surface area contributed by atoms with Crippen LogP contribution in [0.15, 0.2) is 61.1 Å². The third-order valence-electron chi connectivity index (χ3n) is 10.5. The van der Waals surface area contributed by atoms with Gasteiger partial charge in [-0.25, -0.2) is 14.2 Å². The van der Waals surface area contributed by atoms with Gasteiger partial charge >= 0.3 is 6.09 Å². The number of ether oxygens (including phenoxy) is 2. The van der Waals surface area contributed by atoms with Gasteiger partial charge in [0.05, 0.1) is 17.7 Å². The maximum absolute atomic E-state index is 15.8. The summed E-state index contributed by atoms with van der Waals surface area (Å²) in [6, 6.07) is 11.9. The molecule has 15 heteroatoms. The SMILES string of the molecule is CC(C)(C)[Si](C)(C)OCc1cn(COCC[Si](C)(C)C)c2nccc(Oc3ccc(CC(NC(=O)O)C(=O)N4CCN(Cc5ccccn5)CC4)cc3F)c12. The minimum Gasteiger partial charge on any atom is -0.465 e. The van der Waals surface area contributed by atoms with Crippen LogP contribution in [0.1, 0.15) is 37.6 Å². The van der Waals surface area contributed by atoms with E-state index in [1.807, 2.05) is 29.0 Å². The van der Waals surface area contributed by atoms with E-state index in [4.69, 9.17) is 13.9 Å². The second-order valence-electron chi connectivity index (χ2n) is 17.0. The Hall–Kier alpha value is -4.16. The molecule has 55 heavy (non-hydrogen) atoms. The monoisotopic (exact) mass is 792 g/mol. The highest BCUT2D eigenvalue weighted by Crippen LogP contribution is 2.39. The van der Waals surface area contributed by atoms with E-state index in [1.165, 1.54) is 12.1 Å². The van der Waals surface area contributed by atoms with Crippen LogP contribution in [-0.4, -0.2) is 96.7 Å². The highest BCUT2D eigenvalue weighted by atomic mass is 28.4. The first-order chi connectivity index (χ1) is 25.9. The first-order valence-electron chi connectivity index (χ1n) is 19.0. The van der Waals surface area contributed by atoms with Crippen molar-refractivity contribution in [2.24, 2.45) is 0 Å². The van der Waals surface area contributed by atoms with Gasteiger partial charge in [-0.3, -0.25) is 14.7 Å². The van der Waals surface area contributed by atoms with Gasteiger partial charge in [-0.05, 0) is 60.1 Å². The van der Waals surface area contributed by atoms with Crippen LogP contribution in [0, 0.1) is 5.82 Å². The van der Waals surface area contributed by atoms with Gasteiger partial charge < -0.3 is 33.8 Å². The fourth-order valence-corrected chi connectivity index (χ4v) is 7.81. The summed E-state index contributed by atoms with van der Waals surface area (Å²) in [7, 11) is -3.39. The van der Waals surface area contributed by atoms with Crippen LogP contribution in [0.2, 0.25) is 43.8 Å². The van der Waals surface area contributed by atoms with Gasteiger partial charge in [0, 0.05) is 78.0 Å². The Kier molecular flexibility index (Phi) is 13.6. The van der Waals surface area contributed by atoms with Crippen molar-refractivity contribution in [1.29, 1.82) is 0 Å². The standard InChI is InChI=1S/C40H57FN6O6Si2/c1-40(2,3)55(7,8)52-27-30-25-47(28-51-21-22-54(4,5)6)37-36(30)35(14-16-43-37)53-34-13-12-29(23-32(34)41)24-33(44-39(49)50)38(48)46-19-17-45(18-20-46)26-31-11-9-10-15-42-31/h9-16,23,25,33,44H,17-22,24,26-28H2,1-8H3,(H,49,50). The largest absolute Gasteiger partial charge is 0.465 e. The normalized spacial score (nSPS) is 15.0. The van der Waals surface area contributed by atoms with Crippen LogP contribution in [0.5, 0.6) is 11.5 Å². The van der Waals surface area contributed by atoms with Gasteiger partial charge in [-0.15, -0.1) is 0 Å². The Labute approximate surface area is 326 Å². The summed E-state index contributed by atoms with van der Waals surface area (Å²) < 4.78 is 36.8. The summed E-state index contributed by atoms with van der Waals surface area (Å²) in [5.74, 6) is -0.569. The van der Waals surface area contributed by atoms with E-state index in [0.717, 1.165) is 22.7 Å². The molecule has 1 fully saturated rings. The molecule has 1 atom stereocenters. The quantitative estimate of drug-likeness (QED) is 0.0865. The molecular formula is C40H57FN6O6Si2. The zero-order chi connectivity index (χ0) is 40.0. The molecule has 2 amide bonds. The van der Waals surface area contributed by atoms with E-state index < -0.39 is 34.3 Å². The Morgan fingerprint density at radius 3 is 2.36 bits per heavy atom. The molecule has 0 saturated carbocycles. The molecule has 12 nitrogen and oxygen atoms in total. The molecule has 0 radical (unpaired) electrons. The van der Waals surface area contributed by atoms with E-state index in [-0.39, 0.29) is 23.1 Å². The Morgan fingerprint density at radius 2 is 1.73 bits per heavy atom. The van der Waals surface area contributed by atoms with Crippen LogP contribution in [0.4, 0.5) is 9.18 Å². The van der Waals surface area contributed by atoms with Crippen molar-refractivity contribution in [3.05, 3.63) is 83.7 Å². The zero-order valence-corrected chi connectivity index (χ0v) is 35.5. The molecule has 5 rings (SSSR count). The number of amides is 2. The van der Waals surface area contributed by atoms with Crippen molar-refractivity contribution >= 4 is 39.4 Å². The van der Waals surface area contributed by atoms with Gasteiger partial charge in [-0.2, -0.15) is 0 Å². The predicted octanol–water partition coefficient (Wildman–Crippen LogP) is 7.72. The van der Waals surface area contributed by atoms with Crippen molar-refractivity contribution < 1.29 is 33.0 Å². The highest BCUT2D eigenvalue weighted by Gasteiger charge is 2.37. The average Bonchev–Trinajstić information content (AvgIpc) is 3.48. The number of carboxylic acid groups (broad SMARTS) is 1. The van der Waals surface area contributed by atoms with Gasteiger partial charge in [0.2, 0.25) is 5.91 Å². The molecule has 3 aromatic heterocycles.